The second kappa shape index (κ2) is 10.9. The summed E-state index contributed by atoms with van der Waals surface area (Å²) in [4.78, 5) is 37.0. The van der Waals surface area contributed by atoms with Gasteiger partial charge in [-0.25, -0.2) is 0 Å². The van der Waals surface area contributed by atoms with Gasteiger partial charge in [0.2, 0.25) is 5.91 Å². The standard InChI is InChI=1S/C22H22N4O4S2/c1-2-15-5-7-16(8-6-15)14-19-21(28)25(22(31)32-19)13-3-4-20(27)24-23-17-9-11-18(12-10-17)26(29)30/h5-12,14,23H,2-4,13H2,1H3,(H,24,27)/b19-14-. The molecule has 0 atom stereocenters. The van der Waals surface area contributed by atoms with E-state index in [1.807, 2.05) is 30.3 Å². The summed E-state index contributed by atoms with van der Waals surface area (Å²) in [6.07, 6.45) is 3.42. The Balaban J connectivity index is 1.46. The van der Waals surface area contributed by atoms with Crippen molar-refractivity contribution >= 4 is 57.6 Å². The first-order valence-corrected chi connectivity index (χ1v) is 11.2. The van der Waals surface area contributed by atoms with Gasteiger partial charge in [0.05, 0.1) is 15.5 Å². The first-order chi connectivity index (χ1) is 15.4. The molecule has 1 saturated heterocycles. The van der Waals surface area contributed by atoms with E-state index in [-0.39, 0.29) is 23.9 Å². The number of anilines is 1. The lowest BCUT2D eigenvalue weighted by atomic mass is 10.1. The average molecular weight is 471 g/mol. The summed E-state index contributed by atoms with van der Waals surface area (Å²) in [7, 11) is 0. The lowest BCUT2D eigenvalue weighted by Gasteiger charge is -2.14. The maximum absolute atomic E-state index is 12.7. The summed E-state index contributed by atoms with van der Waals surface area (Å²) in [5.41, 5.74) is 7.91. The zero-order valence-corrected chi connectivity index (χ0v) is 19.0. The summed E-state index contributed by atoms with van der Waals surface area (Å²) >= 11 is 6.60. The van der Waals surface area contributed by atoms with Crippen LogP contribution in [-0.4, -0.2) is 32.5 Å². The van der Waals surface area contributed by atoms with Gasteiger partial charge in [-0.3, -0.25) is 35.5 Å². The van der Waals surface area contributed by atoms with Crippen molar-refractivity contribution in [3.8, 4) is 0 Å². The van der Waals surface area contributed by atoms with E-state index >= 15 is 0 Å². The van der Waals surface area contributed by atoms with E-state index in [2.05, 4.69) is 17.8 Å². The van der Waals surface area contributed by atoms with Gasteiger partial charge in [-0.2, -0.15) is 0 Å². The number of carbonyl (C=O) groups excluding carboxylic acids is 2. The maximum Gasteiger partial charge on any atom is 0.269 e. The first-order valence-electron chi connectivity index (χ1n) is 10.0. The molecule has 0 aliphatic carbocycles. The fourth-order valence-electron chi connectivity index (χ4n) is 2.96. The third-order valence-electron chi connectivity index (χ3n) is 4.77. The van der Waals surface area contributed by atoms with E-state index in [0.717, 1.165) is 12.0 Å². The smallest absolute Gasteiger partial charge is 0.269 e. The van der Waals surface area contributed by atoms with Crippen LogP contribution in [0.25, 0.3) is 6.08 Å². The van der Waals surface area contributed by atoms with Crippen LogP contribution in [0.2, 0.25) is 0 Å². The van der Waals surface area contributed by atoms with Crippen LogP contribution in [0.4, 0.5) is 11.4 Å². The summed E-state index contributed by atoms with van der Waals surface area (Å²) in [6.45, 7) is 2.44. The van der Waals surface area contributed by atoms with Crippen LogP contribution in [0, 0.1) is 10.1 Å². The number of hydrogen-bond donors (Lipinski definition) is 2. The van der Waals surface area contributed by atoms with Crippen LogP contribution in [0.15, 0.2) is 53.4 Å². The third-order valence-corrected chi connectivity index (χ3v) is 6.15. The number of nitrogens with one attached hydrogen (secondary N) is 2. The third kappa shape index (κ3) is 6.14. The number of amides is 2. The Labute approximate surface area is 195 Å². The number of aryl methyl sites for hydroxylation is 1. The fraction of sp³-hybridized carbons (Fsp3) is 0.227. The molecule has 0 aromatic heterocycles. The highest BCUT2D eigenvalue weighted by Crippen LogP contribution is 2.32. The van der Waals surface area contributed by atoms with Crippen LogP contribution in [0.3, 0.4) is 0 Å². The van der Waals surface area contributed by atoms with Gasteiger partial charge < -0.3 is 0 Å². The molecule has 1 fully saturated rings. The molecular formula is C22H22N4O4S2. The molecule has 1 aliphatic rings. The molecule has 10 heteroatoms. The number of nitro benzene ring substituents is 1. The summed E-state index contributed by atoms with van der Waals surface area (Å²) in [5.74, 6) is -0.413. The van der Waals surface area contributed by atoms with Crippen molar-refractivity contribution in [1.29, 1.82) is 0 Å². The van der Waals surface area contributed by atoms with Crippen molar-refractivity contribution in [2.45, 2.75) is 26.2 Å². The number of rotatable bonds is 9. The molecule has 2 amide bonds. The molecule has 2 N–H and O–H groups in total. The van der Waals surface area contributed by atoms with Crippen molar-refractivity contribution in [3.63, 3.8) is 0 Å². The highest BCUT2D eigenvalue weighted by atomic mass is 32.2. The van der Waals surface area contributed by atoms with Crippen LogP contribution >= 0.6 is 24.0 Å². The summed E-state index contributed by atoms with van der Waals surface area (Å²) < 4.78 is 0.482. The van der Waals surface area contributed by atoms with Gasteiger partial charge in [-0.15, -0.1) is 0 Å². The van der Waals surface area contributed by atoms with Crippen LogP contribution in [0.5, 0.6) is 0 Å². The summed E-state index contributed by atoms with van der Waals surface area (Å²) in [5, 5.41) is 10.7. The molecule has 0 radical (unpaired) electrons. The largest absolute Gasteiger partial charge is 0.299 e. The lowest BCUT2D eigenvalue weighted by molar-refractivity contribution is -0.384. The number of hydrogen-bond acceptors (Lipinski definition) is 7. The van der Waals surface area contributed by atoms with E-state index in [0.29, 0.717) is 27.9 Å². The van der Waals surface area contributed by atoms with Crippen molar-refractivity contribution in [2.75, 3.05) is 12.0 Å². The van der Waals surface area contributed by atoms with Crippen molar-refractivity contribution in [2.24, 2.45) is 0 Å². The topological polar surface area (TPSA) is 105 Å². The van der Waals surface area contributed by atoms with Gasteiger partial charge in [0.1, 0.15) is 4.32 Å². The molecule has 1 heterocycles. The van der Waals surface area contributed by atoms with E-state index in [1.165, 1.54) is 46.5 Å². The minimum atomic E-state index is -0.493. The molecule has 2 aromatic rings. The number of thioether (sulfide) groups is 1. The lowest BCUT2D eigenvalue weighted by Crippen LogP contribution is -2.32. The Kier molecular flexibility index (Phi) is 7.96. The molecule has 0 unspecified atom stereocenters. The highest BCUT2D eigenvalue weighted by molar-refractivity contribution is 8.26. The molecule has 0 saturated carbocycles. The molecule has 1 aliphatic heterocycles. The number of carbonyl (C=O) groups is 2. The Bertz CT molecular complexity index is 1050. The monoisotopic (exact) mass is 470 g/mol. The SMILES string of the molecule is CCc1ccc(/C=C2\SC(=S)N(CCCC(=O)NNc3ccc([N+](=O)[O-])cc3)C2=O)cc1. The number of hydrazine groups is 1. The average Bonchev–Trinajstić information content (AvgIpc) is 3.05. The van der Waals surface area contributed by atoms with Gasteiger partial charge in [0.25, 0.3) is 11.6 Å². The van der Waals surface area contributed by atoms with Crippen molar-refractivity contribution in [1.82, 2.24) is 10.3 Å². The number of nitrogens with zero attached hydrogens (tertiary/aromatic N) is 2. The molecule has 8 nitrogen and oxygen atoms in total. The molecule has 166 valence electrons. The number of benzene rings is 2. The molecule has 0 bridgehead atoms. The second-order valence-electron chi connectivity index (χ2n) is 7.01. The molecule has 2 aromatic carbocycles. The molecular weight excluding hydrogens is 448 g/mol. The zero-order chi connectivity index (χ0) is 23.1. The van der Waals surface area contributed by atoms with Crippen LogP contribution < -0.4 is 10.9 Å². The Hall–Kier alpha value is -3.24. The number of non-ortho nitro benzene ring substituents is 1. The van der Waals surface area contributed by atoms with E-state index in [1.54, 1.807) is 0 Å². The normalized spacial score (nSPS) is 14.7. The minimum absolute atomic E-state index is 0.0302. The highest BCUT2D eigenvalue weighted by Gasteiger charge is 2.31. The number of nitro groups is 1. The minimum Gasteiger partial charge on any atom is -0.299 e. The van der Waals surface area contributed by atoms with Gasteiger partial charge in [-0.05, 0) is 42.2 Å². The maximum atomic E-state index is 12.7. The van der Waals surface area contributed by atoms with Gasteiger partial charge in [-0.1, -0.05) is 55.2 Å². The van der Waals surface area contributed by atoms with Gasteiger partial charge in [0, 0.05) is 25.1 Å². The summed E-state index contributed by atoms with van der Waals surface area (Å²) in [6, 6.07) is 13.7. The fourth-order valence-corrected chi connectivity index (χ4v) is 4.27. The predicted molar refractivity (Wildman–Crippen MR) is 130 cm³/mol. The van der Waals surface area contributed by atoms with Gasteiger partial charge >= 0.3 is 0 Å². The van der Waals surface area contributed by atoms with E-state index in [4.69, 9.17) is 12.2 Å². The first kappa shape index (κ1) is 23.4. The Morgan fingerprint density at radius 1 is 1.19 bits per heavy atom. The Morgan fingerprint density at radius 3 is 2.50 bits per heavy atom. The zero-order valence-electron chi connectivity index (χ0n) is 17.4. The van der Waals surface area contributed by atoms with Crippen molar-refractivity contribution < 1.29 is 14.5 Å². The van der Waals surface area contributed by atoms with E-state index < -0.39 is 4.92 Å². The van der Waals surface area contributed by atoms with Gasteiger partial charge in [0.15, 0.2) is 0 Å². The van der Waals surface area contributed by atoms with Crippen LogP contribution in [0.1, 0.15) is 30.9 Å². The predicted octanol–water partition coefficient (Wildman–Crippen LogP) is 4.28. The van der Waals surface area contributed by atoms with Crippen molar-refractivity contribution in [3.05, 3.63) is 74.7 Å². The Morgan fingerprint density at radius 2 is 1.88 bits per heavy atom. The molecule has 32 heavy (non-hydrogen) atoms. The molecule has 0 spiro atoms. The van der Waals surface area contributed by atoms with Crippen LogP contribution in [-0.2, 0) is 16.0 Å². The molecule has 3 rings (SSSR count). The van der Waals surface area contributed by atoms with E-state index in [9.17, 15) is 19.7 Å². The second-order valence-corrected chi connectivity index (χ2v) is 8.68. The number of thiocarbonyl (C=S) groups is 1. The quantitative estimate of drug-likeness (QED) is 0.244.